The summed E-state index contributed by atoms with van der Waals surface area (Å²) in [6, 6.07) is 5.53. The summed E-state index contributed by atoms with van der Waals surface area (Å²) in [6.45, 7) is 1.91. The van der Waals surface area contributed by atoms with E-state index in [1.54, 1.807) is 0 Å². The lowest BCUT2D eigenvalue weighted by Gasteiger charge is -2.34. The van der Waals surface area contributed by atoms with E-state index < -0.39 is 12.1 Å². The molecular formula is C15H20ClF3N2. The number of aryl methyl sites for hydroxylation is 1. The smallest absolute Gasteiger partial charge is 0.271 e. The number of hydrogen-bond donors (Lipinski definition) is 2. The molecule has 2 nitrogen and oxygen atoms in total. The fourth-order valence-corrected chi connectivity index (χ4v) is 3.28. The molecule has 0 heterocycles. The first kappa shape index (κ1) is 16.6. The summed E-state index contributed by atoms with van der Waals surface area (Å²) >= 11 is 6.12. The first-order valence-corrected chi connectivity index (χ1v) is 7.49. The van der Waals surface area contributed by atoms with Crippen LogP contribution in [0.1, 0.15) is 42.9 Å². The van der Waals surface area contributed by atoms with E-state index in [1.165, 1.54) is 0 Å². The maximum Gasteiger partial charge on any atom is 0.391 e. The number of rotatable bonds is 3. The van der Waals surface area contributed by atoms with Gasteiger partial charge >= 0.3 is 6.18 Å². The Bertz CT molecular complexity index is 482. The van der Waals surface area contributed by atoms with Crippen molar-refractivity contribution in [1.82, 2.24) is 5.43 Å². The summed E-state index contributed by atoms with van der Waals surface area (Å²) in [5, 5.41) is 0.650. The van der Waals surface area contributed by atoms with Gasteiger partial charge in [0.1, 0.15) is 0 Å². The van der Waals surface area contributed by atoms with E-state index >= 15 is 0 Å². The lowest BCUT2D eigenvalue weighted by molar-refractivity contribution is -0.184. The van der Waals surface area contributed by atoms with Crippen molar-refractivity contribution in [3.63, 3.8) is 0 Å². The van der Waals surface area contributed by atoms with Gasteiger partial charge in [-0.05, 0) is 55.7 Å². The van der Waals surface area contributed by atoms with Crippen LogP contribution < -0.4 is 11.3 Å². The molecule has 0 saturated heterocycles. The summed E-state index contributed by atoms with van der Waals surface area (Å²) in [5.41, 5.74) is 4.65. The summed E-state index contributed by atoms with van der Waals surface area (Å²) < 4.78 is 38.1. The molecule has 0 amide bonds. The molecular weight excluding hydrogens is 301 g/mol. The number of alkyl halides is 3. The van der Waals surface area contributed by atoms with Crippen LogP contribution in [0.2, 0.25) is 5.02 Å². The zero-order chi connectivity index (χ0) is 15.6. The van der Waals surface area contributed by atoms with Crippen molar-refractivity contribution in [3.8, 4) is 0 Å². The predicted octanol–water partition coefficient (Wildman–Crippen LogP) is 4.52. The Hall–Kier alpha value is -0.780. The zero-order valence-corrected chi connectivity index (χ0v) is 12.6. The lowest BCUT2D eigenvalue weighted by Crippen LogP contribution is -2.37. The van der Waals surface area contributed by atoms with Crippen LogP contribution in [-0.4, -0.2) is 6.18 Å². The maximum absolute atomic E-state index is 12.7. The zero-order valence-electron chi connectivity index (χ0n) is 11.9. The quantitative estimate of drug-likeness (QED) is 0.634. The van der Waals surface area contributed by atoms with E-state index in [0.29, 0.717) is 17.9 Å². The molecule has 1 aliphatic rings. The fourth-order valence-electron chi connectivity index (χ4n) is 3.09. The van der Waals surface area contributed by atoms with Crippen molar-refractivity contribution in [1.29, 1.82) is 0 Å². The molecule has 0 aromatic heterocycles. The predicted molar refractivity (Wildman–Crippen MR) is 77.8 cm³/mol. The molecule has 1 aromatic rings. The van der Waals surface area contributed by atoms with Gasteiger partial charge in [-0.1, -0.05) is 23.7 Å². The van der Waals surface area contributed by atoms with Crippen LogP contribution >= 0.6 is 11.6 Å². The van der Waals surface area contributed by atoms with E-state index in [0.717, 1.165) is 11.1 Å². The van der Waals surface area contributed by atoms with Gasteiger partial charge in [0.2, 0.25) is 0 Å². The normalized spacial score (nSPS) is 24.9. The highest BCUT2D eigenvalue weighted by atomic mass is 35.5. The average molecular weight is 321 g/mol. The number of hydrogen-bond acceptors (Lipinski definition) is 2. The highest BCUT2D eigenvalue weighted by Gasteiger charge is 2.42. The average Bonchev–Trinajstić information content (AvgIpc) is 2.43. The van der Waals surface area contributed by atoms with Crippen LogP contribution in [0.5, 0.6) is 0 Å². The topological polar surface area (TPSA) is 38.0 Å². The van der Waals surface area contributed by atoms with Gasteiger partial charge in [-0.2, -0.15) is 13.2 Å². The molecule has 0 radical (unpaired) electrons. The molecule has 1 atom stereocenters. The van der Waals surface area contributed by atoms with Gasteiger partial charge in [-0.3, -0.25) is 11.3 Å². The first-order chi connectivity index (χ1) is 9.82. The Kier molecular flexibility index (Phi) is 5.17. The molecule has 3 N–H and O–H groups in total. The second kappa shape index (κ2) is 6.55. The standard InChI is InChI=1S/C15H20ClF3N2/c1-9-2-3-11(8-13(9)16)14(21-20)10-4-6-12(7-5-10)15(17,18)19/h2-3,8,10,12,14,21H,4-7,20H2,1H3. The Morgan fingerprint density at radius 1 is 1.24 bits per heavy atom. The van der Waals surface area contributed by atoms with Crippen LogP contribution in [0.15, 0.2) is 18.2 Å². The van der Waals surface area contributed by atoms with E-state index in [2.05, 4.69) is 5.43 Å². The van der Waals surface area contributed by atoms with Crippen molar-refractivity contribution in [3.05, 3.63) is 34.3 Å². The number of benzene rings is 1. The highest BCUT2D eigenvalue weighted by Crippen LogP contribution is 2.43. The van der Waals surface area contributed by atoms with E-state index in [1.807, 2.05) is 25.1 Å². The van der Waals surface area contributed by atoms with E-state index in [-0.39, 0.29) is 24.8 Å². The number of hydrazine groups is 1. The Balaban J connectivity index is 2.07. The van der Waals surface area contributed by atoms with Gasteiger partial charge in [0.25, 0.3) is 0 Å². The van der Waals surface area contributed by atoms with Crippen molar-refractivity contribution in [2.75, 3.05) is 0 Å². The second-order valence-corrected chi connectivity index (χ2v) is 6.21. The number of nitrogens with two attached hydrogens (primary N) is 1. The summed E-state index contributed by atoms with van der Waals surface area (Å²) in [6.07, 6.45) is -2.70. The summed E-state index contributed by atoms with van der Waals surface area (Å²) in [4.78, 5) is 0. The Labute approximate surface area is 127 Å². The third-order valence-corrected chi connectivity index (χ3v) is 4.85. The molecule has 6 heteroatoms. The van der Waals surface area contributed by atoms with Crippen molar-refractivity contribution >= 4 is 11.6 Å². The van der Waals surface area contributed by atoms with E-state index in [9.17, 15) is 13.2 Å². The van der Waals surface area contributed by atoms with Gasteiger partial charge < -0.3 is 0 Å². The van der Waals surface area contributed by atoms with E-state index in [4.69, 9.17) is 17.4 Å². The molecule has 0 aliphatic heterocycles. The molecule has 0 bridgehead atoms. The Morgan fingerprint density at radius 2 is 1.86 bits per heavy atom. The van der Waals surface area contributed by atoms with Gasteiger partial charge in [0.05, 0.1) is 5.92 Å². The first-order valence-electron chi connectivity index (χ1n) is 7.11. The minimum atomic E-state index is -4.08. The summed E-state index contributed by atoms with van der Waals surface area (Å²) in [5.74, 6) is 4.56. The van der Waals surface area contributed by atoms with Crippen molar-refractivity contribution in [2.45, 2.75) is 44.8 Å². The maximum atomic E-state index is 12.7. The third-order valence-electron chi connectivity index (χ3n) is 4.44. The third kappa shape index (κ3) is 3.90. The summed E-state index contributed by atoms with van der Waals surface area (Å²) in [7, 11) is 0. The van der Waals surface area contributed by atoms with Crippen LogP contribution in [0.4, 0.5) is 13.2 Å². The second-order valence-electron chi connectivity index (χ2n) is 5.81. The SMILES string of the molecule is Cc1ccc(C(NN)C2CCC(C(F)(F)F)CC2)cc1Cl. The Morgan fingerprint density at radius 3 is 2.33 bits per heavy atom. The molecule has 2 rings (SSSR count). The lowest BCUT2D eigenvalue weighted by atomic mass is 9.76. The molecule has 1 unspecified atom stereocenters. The number of nitrogens with one attached hydrogen (secondary N) is 1. The molecule has 1 fully saturated rings. The van der Waals surface area contributed by atoms with Crippen LogP contribution in [-0.2, 0) is 0 Å². The van der Waals surface area contributed by atoms with Gasteiger partial charge in [-0.25, -0.2) is 0 Å². The molecule has 1 aromatic carbocycles. The fraction of sp³-hybridized carbons (Fsp3) is 0.600. The minimum absolute atomic E-state index is 0.104. The van der Waals surface area contributed by atoms with Crippen LogP contribution in [0.25, 0.3) is 0 Å². The number of halogens is 4. The van der Waals surface area contributed by atoms with Crippen molar-refractivity contribution < 1.29 is 13.2 Å². The largest absolute Gasteiger partial charge is 0.391 e. The molecule has 21 heavy (non-hydrogen) atoms. The van der Waals surface area contributed by atoms with Gasteiger partial charge in [0.15, 0.2) is 0 Å². The highest BCUT2D eigenvalue weighted by molar-refractivity contribution is 6.31. The van der Waals surface area contributed by atoms with Gasteiger partial charge in [-0.15, -0.1) is 0 Å². The molecule has 1 saturated carbocycles. The monoisotopic (exact) mass is 320 g/mol. The van der Waals surface area contributed by atoms with Gasteiger partial charge in [0, 0.05) is 11.1 Å². The molecule has 118 valence electrons. The molecule has 1 aliphatic carbocycles. The van der Waals surface area contributed by atoms with Crippen molar-refractivity contribution in [2.24, 2.45) is 17.7 Å². The van der Waals surface area contributed by atoms with Crippen LogP contribution in [0, 0.1) is 18.8 Å². The molecule has 0 spiro atoms. The minimum Gasteiger partial charge on any atom is -0.271 e. The van der Waals surface area contributed by atoms with Crippen LogP contribution in [0.3, 0.4) is 0 Å².